The minimum atomic E-state index is -1.80. The summed E-state index contributed by atoms with van der Waals surface area (Å²) in [5, 5.41) is 2.34. The van der Waals surface area contributed by atoms with Gasteiger partial charge in [0.1, 0.15) is 0 Å². The van der Waals surface area contributed by atoms with Gasteiger partial charge in [-0.2, -0.15) is 0 Å². The van der Waals surface area contributed by atoms with E-state index >= 15 is 0 Å². The fourth-order valence-corrected chi connectivity index (χ4v) is 10.6. The van der Waals surface area contributed by atoms with Crippen molar-refractivity contribution < 1.29 is 19.1 Å². The summed E-state index contributed by atoms with van der Waals surface area (Å²) in [6.45, 7) is 3.58. The van der Waals surface area contributed by atoms with Crippen molar-refractivity contribution >= 4 is 25.2 Å². The van der Waals surface area contributed by atoms with E-state index in [1.54, 1.807) is 13.8 Å². The first-order chi connectivity index (χ1) is 9.70. The Balaban J connectivity index is 3.00. The van der Waals surface area contributed by atoms with Crippen LogP contribution in [0, 0.1) is 11.8 Å². The predicted molar refractivity (Wildman–Crippen MR) is 85.6 cm³/mol. The van der Waals surface area contributed by atoms with Gasteiger partial charge in [0.05, 0.1) is 0 Å². The Morgan fingerprint density at radius 3 is 1.52 bits per heavy atom. The summed E-state index contributed by atoms with van der Waals surface area (Å²) in [5.74, 6) is 4.88. The summed E-state index contributed by atoms with van der Waals surface area (Å²) < 4.78 is 9.53. The molecular weight excluding hydrogens is 329 g/mol. The van der Waals surface area contributed by atoms with Crippen LogP contribution in [0.5, 0.6) is 0 Å². The molecule has 5 heteroatoms. The average molecular weight is 355 g/mol. The van der Waals surface area contributed by atoms with E-state index in [-0.39, 0.29) is 11.9 Å². The van der Waals surface area contributed by atoms with Gasteiger partial charge in [-0.3, -0.25) is 0 Å². The van der Waals surface area contributed by atoms with Crippen LogP contribution in [0.1, 0.15) is 13.8 Å². The number of ether oxygens (including phenoxy) is 2. The Morgan fingerprint density at radius 1 is 0.905 bits per heavy atom. The molecule has 0 N–H and O–H groups in total. The van der Waals surface area contributed by atoms with Crippen molar-refractivity contribution in [1.29, 1.82) is 0 Å². The topological polar surface area (TPSA) is 52.6 Å². The van der Waals surface area contributed by atoms with E-state index in [4.69, 9.17) is 9.47 Å². The van der Waals surface area contributed by atoms with Crippen molar-refractivity contribution in [1.82, 2.24) is 0 Å². The van der Waals surface area contributed by atoms with Gasteiger partial charge in [-0.1, -0.05) is 0 Å². The van der Waals surface area contributed by atoms with Crippen LogP contribution in [0.4, 0.5) is 0 Å². The Labute approximate surface area is 129 Å². The molecule has 0 aromatic heterocycles. The normalized spacial score (nSPS) is 25.6. The van der Waals surface area contributed by atoms with Crippen LogP contribution in [-0.4, -0.2) is 39.4 Å². The molecule has 1 aliphatic heterocycles. The summed E-state index contributed by atoms with van der Waals surface area (Å²) >= 11 is -1.80. The molecule has 1 aliphatic rings. The monoisotopic (exact) mass is 356 g/mol. The summed E-state index contributed by atoms with van der Waals surface area (Å²) in [6, 6.07) is 0. The Hall–Kier alpha value is -1.04. The Morgan fingerprint density at radius 2 is 1.24 bits per heavy atom. The number of esters is 2. The van der Waals surface area contributed by atoms with Crippen LogP contribution >= 0.6 is 0 Å². The van der Waals surface area contributed by atoms with Crippen LogP contribution in [0.25, 0.3) is 0 Å². The molecule has 21 heavy (non-hydrogen) atoms. The molecule has 1 saturated heterocycles. The van der Waals surface area contributed by atoms with E-state index in [0.717, 1.165) is 0 Å². The summed E-state index contributed by atoms with van der Waals surface area (Å²) in [4.78, 5) is 23.2. The number of carbonyl (C=O) groups excluding carboxylic acids is 2. The molecule has 1 fully saturated rings. The van der Waals surface area contributed by atoms with Crippen LogP contribution in [0.3, 0.4) is 0 Å². The summed E-state index contributed by atoms with van der Waals surface area (Å²) in [6.07, 6.45) is 4.05. The summed E-state index contributed by atoms with van der Waals surface area (Å²) in [5.41, 5.74) is 1.30. The van der Waals surface area contributed by atoms with Crippen LogP contribution in [0.2, 0.25) is 22.0 Å². The van der Waals surface area contributed by atoms with Gasteiger partial charge in [-0.15, -0.1) is 0 Å². The second kappa shape index (κ2) is 7.29. The molecule has 118 valence electrons. The SMILES string of the molecule is COC(=O)/C(C)=C/[C@H]1[CH2][Ge]([CH3])([CH3])[CH2][C@@H]1/C=C(\C)C(=O)OC. The van der Waals surface area contributed by atoms with E-state index in [9.17, 15) is 9.59 Å². The van der Waals surface area contributed by atoms with Crippen LogP contribution in [0.15, 0.2) is 23.3 Å². The maximum absolute atomic E-state index is 11.6. The summed E-state index contributed by atoms with van der Waals surface area (Å²) in [7, 11) is 2.80. The molecule has 0 bridgehead atoms. The fourth-order valence-electron chi connectivity index (χ4n) is 3.13. The fraction of sp³-hybridized carbons (Fsp3) is 0.625. The standard InChI is InChI=1S/C16H26GeO4/c1-11(15(18)20-5)7-13-9-17(3,4)10-14(13)8-12(2)16(19)21-6/h7-8,13-14H,9-10H2,1-6H3/b11-7+,12-8+/t13-,14-/m0/s1. The quantitative estimate of drug-likeness (QED) is 0.442. The number of carbonyl (C=O) groups is 2. The zero-order valence-corrected chi connectivity index (χ0v) is 16.0. The third-order valence-corrected chi connectivity index (χ3v) is 10.7. The Bertz CT molecular complexity index is 435. The zero-order chi connectivity index (χ0) is 16.2. The van der Waals surface area contributed by atoms with Crippen molar-refractivity contribution in [2.45, 2.75) is 35.9 Å². The average Bonchev–Trinajstić information content (AvgIpc) is 2.70. The number of hydrogen-bond donors (Lipinski definition) is 0. The first kappa shape index (κ1) is 18.0. The maximum atomic E-state index is 11.6. The van der Waals surface area contributed by atoms with Crippen molar-refractivity contribution in [2.75, 3.05) is 14.2 Å². The molecule has 0 aliphatic carbocycles. The van der Waals surface area contributed by atoms with Gasteiger partial charge in [-0.25, -0.2) is 0 Å². The van der Waals surface area contributed by atoms with E-state index in [2.05, 4.69) is 11.5 Å². The molecule has 0 saturated carbocycles. The van der Waals surface area contributed by atoms with Crippen molar-refractivity contribution in [2.24, 2.45) is 11.8 Å². The molecule has 0 aromatic rings. The molecule has 0 unspecified atom stereocenters. The van der Waals surface area contributed by atoms with E-state index in [0.29, 0.717) is 23.0 Å². The second-order valence-electron chi connectivity index (χ2n) is 6.58. The number of allylic oxidation sites excluding steroid dienone is 2. The third-order valence-electron chi connectivity index (χ3n) is 4.07. The van der Waals surface area contributed by atoms with Gasteiger partial charge >= 0.3 is 129 Å². The molecule has 0 spiro atoms. The second-order valence-corrected chi connectivity index (χ2v) is 17.4. The molecule has 0 radical (unpaired) electrons. The molecular formula is C16H26GeO4. The predicted octanol–water partition coefficient (Wildman–Crippen LogP) is 3.18. The van der Waals surface area contributed by atoms with Gasteiger partial charge in [0.25, 0.3) is 0 Å². The van der Waals surface area contributed by atoms with Gasteiger partial charge in [0.2, 0.25) is 0 Å². The first-order valence-corrected chi connectivity index (χ1v) is 14.4. The molecule has 4 nitrogen and oxygen atoms in total. The molecule has 1 heterocycles. The van der Waals surface area contributed by atoms with Gasteiger partial charge in [-0.05, 0) is 0 Å². The van der Waals surface area contributed by atoms with E-state index < -0.39 is 13.3 Å². The van der Waals surface area contributed by atoms with Gasteiger partial charge < -0.3 is 0 Å². The van der Waals surface area contributed by atoms with Crippen LogP contribution < -0.4 is 0 Å². The van der Waals surface area contributed by atoms with E-state index in [1.165, 1.54) is 24.7 Å². The van der Waals surface area contributed by atoms with E-state index in [1.807, 2.05) is 12.2 Å². The van der Waals surface area contributed by atoms with Crippen LogP contribution in [-0.2, 0) is 19.1 Å². The molecule has 2 atom stereocenters. The molecule has 0 amide bonds. The van der Waals surface area contributed by atoms with Crippen molar-refractivity contribution in [3.05, 3.63) is 23.3 Å². The number of rotatable bonds is 4. The minimum absolute atomic E-state index is 0.278. The van der Waals surface area contributed by atoms with Crippen molar-refractivity contribution in [3.63, 3.8) is 0 Å². The third kappa shape index (κ3) is 5.02. The number of hydrogen-bond acceptors (Lipinski definition) is 4. The number of methoxy groups -OCH3 is 2. The molecule has 0 aromatic carbocycles. The van der Waals surface area contributed by atoms with Crippen molar-refractivity contribution in [3.8, 4) is 0 Å². The van der Waals surface area contributed by atoms with Gasteiger partial charge in [0.15, 0.2) is 0 Å². The zero-order valence-electron chi connectivity index (χ0n) is 13.9. The Kier molecular flexibility index (Phi) is 6.26. The first-order valence-electron chi connectivity index (χ1n) is 7.23. The molecule has 1 rings (SSSR count). The van der Waals surface area contributed by atoms with Gasteiger partial charge in [0, 0.05) is 0 Å².